The molecule has 2 aromatic rings. The van der Waals surface area contributed by atoms with Gasteiger partial charge in [0.25, 0.3) is 0 Å². The third-order valence-electron chi connectivity index (χ3n) is 1.61. The maximum Gasteiger partial charge on any atom is 0.0900 e. The summed E-state index contributed by atoms with van der Waals surface area (Å²) < 4.78 is 1.80. The molecule has 0 bridgehead atoms. The van der Waals surface area contributed by atoms with Crippen LogP contribution in [0.15, 0.2) is 18.6 Å². The molecular formula is C10H15N3S. The number of aryl methyl sites for hydroxylation is 2. The maximum atomic E-state index is 4.18. The van der Waals surface area contributed by atoms with Crippen molar-refractivity contribution >= 4 is 11.3 Å². The third kappa shape index (κ3) is 2.42. The quantitative estimate of drug-likeness (QED) is 0.723. The summed E-state index contributed by atoms with van der Waals surface area (Å²) in [4.78, 5) is 5.36. The van der Waals surface area contributed by atoms with Crippen LogP contribution in [0, 0.1) is 6.92 Å². The predicted molar refractivity (Wildman–Crippen MR) is 60.4 cm³/mol. The summed E-state index contributed by atoms with van der Waals surface area (Å²) in [5.41, 5.74) is 1.14. The Morgan fingerprint density at radius 1 is 1.29 bits per heavy atom. The first kappa shape index (κ1) is 10.9. The van der Waals surface area contributed by atoms with Crippen LogP contribution in [0.2, 0.25) is 0 Å². The van der Waals surface area contributed by atoms with Crippen molar-refractivity contribution in [2.24, 2.45) is 7.05 Å². The molecule has 0 radical (unpaired) electrons. The van der Waals surface area contributed by atoms with E-state index in [0.29, 0.717) is 0 Å². The lowest BCUT2D eigenvalue weighted by atomic mass is 10.3. The van der Waals surface area contributed by atoms with Crippen molar-refractivity contribution < 1.29 is 0 Å². The van der Waals surface area contributed by atoms with Crippen molar-refractivity contribution in [1.82, 2.24) is 14.8 Å². The van der Waals surface area contributed by atoms with Crippen LogP contribution in [0.1, 0.15) is 18.9 Å². The third-order valence-corrected chi connectivity index (χ3v) is 2.57. The molecule has 2 aromatic heterocycles. The van der Waals surface area contributed by atoms with Gasteiger partial charge in [0, 0.05) is 25.0 Å². The normalized spacial score (nSPS) is 9.43. The fourth-order valence-electron chi connectivity index (χ4n) is 1.04. The second-order valence-corrected chi connectivity index (χ2v) is 3.88. The number of thiazole rings is 1. The first-order valence-electron chi connectivity index (χ1n) is 4.67. The zero-order valence-electron chi connectivity index (χ0n) is 8.98. The molecule has 0 aromatic carbocycles. The molecule has 3 nitrogen and oxygen atoms in total. The van der Waals surface area contributed by atoms with Gasteiger partial charge in [-0.1, -0.05) is 13.8 Å². The Hall–Kier alpha value is -1.16. The van der Waals surface area contributed by atoms with E-state index in [1.165, 1.54) is 4.88 Å². The number of nitrogens with zero attached hydrogens (tertiary/aromatic N) is 3. The SMILES string of the molecule is CC.Cc1ncc(-c2cnn(C)c2)s1. The summed E-state index contributed by atoms with van der Waals surface area (Å²) in [6, 6.07) is 0. The Bertz CT molecular complexity index is 351. The van der Waals surface area contributed by atoms with Crippen molar-refractivity contribution in [2.45, 2.75) is 20.8 Å². The summed E-state index contributed by atoms with van der Waals surface area (Å²) >= 11 is 1.69. The van der Waals surface area contributed by atoms with Gasteiger partial charge in [-0.2, -0.15) is 5.10 Å². The standard InChI is InChI=1S/C8H9N3S.C2H6/c1-6-9-4-8(12-6)7-3-10-11(2)5-7;1-2/h3-5H,1-2H3;1-2H3. The van der Waals surface area contributed by atoms with E-state index in [4.69, 9.17) is 0 Å². The Morgan fingerprint density at radius 3 is 2.43 bits per heavy atom. The van der Waals surface area contributed by atoms with Crippen LogP contribution in [-0.4, -0.2) is 14.8 Å². The van der Waals surface area contributed by atoms with Crippen LogP contribution in [-0.2, 0) is 7.05 Å². The number of hydrogen-bond donors (Lipinski definition) is 0. The Kier molecular flexibility index (Phi) is 3.83. The van der Waals surface area contributed by atoms with Crippen LogP contribution >= 0.6 is 11.3 Å². The number of aromatic nitrogens is 3. The molecule has 0 amide bonds. The van der Waals surface area contributed by atoms with E-state index < -0.39 is 0 Å². The smallest absolute Gasteiger partial charge is 0.0900 e. The van der Waals surface area contributed by atoms with E-state index in [1.54, 1.807) is 16.0 Å². The second kappa shape index (κ2) is 4.91. The van der Waals surface area contributed by atoms with Crippen LogP contribution in [0.4, 0.5) is 0 Å². The van der Waals surface area contributed by atoms with Gasteiger partial charge in [-0.25, -0.2) is 4.98 Å². The van der Waals surface area contributed by atoms with Crippen molar-refractivity contribution in [3.8, 4) is 10.4 Å². The molecule has 14 heavy (non-hydrogen) atoms. The summed E-state index contributed by atoms with van der Waals surface area (Å²) in [7, 11) is 1.91. The Balaban J connectivity index is 0.000000461. The summed E-state index contributed by atoms with van der Waals surface area (Å²) in [6.45, 7) is 6.00. The Labute approximate surface area is 88.4 Å². The van der Waals surface area contributed by atoms with Gasteiger partial charge < -0.3 is 0 Å². The van der Waals surface area contributed by atoms with E-state index in [0.717, 1.165) is 10.6 Å². The van der Waals surface area contributed by atoms with Gasteiger partial charge in [0.05, 0.1) is 16.1 Å². The van der Waals surface area contributed by atoms with Gasteiger partial charge in [-0.3, -0.25) is 4.68 Å². The molecule has 0 aliphatic heterocycles. The zero-order chi connectivity index (χ0) is 10.6. The van der Waals surface area contributed by atoms with Gasteiger partial charge in [0.1, 0.15) is 0 Å². The van der Waals surface area contributed by atoms with Gasteiger partial charge in [0.15, 0.2) is 0 Å². The lowest BCUT2D eigenvalue weighted by Gasteiger charge is -1.85. The van der Waals surface area contributed by atoms with Crippen LogP contribution in [0.25, 0.3) is 10.4 Å². The van der Waals surface area contributed by atoms with Crippen LogP contribution in [0.5, 0.6) is 0 Å². The predicted octanol–water partition coefficient (Wildman–Crippen LogP) is 2.88. The fourth-order valence-corrected chi connectivity index (χ4v) is 1.80. The van der Waals surface area contributed by atoms with Gasteiger partial charge in [0.2, 0.25) is 0 Å². The van der Waals surface area contributed by atoms with Gasteiger partial charge in [-0.05, 0) is 6.92 Å². The van der Waals surface area contributed by atoms with E-state index in [1.807, 2.05) is 46.4 Å². The average molecular weight is 209 g/mol. The van der Waals surface area contributed by atoms with Crippen molar-refractivity contribution in [3.05, 3.63) is 23.6 Å². The summed E-state index contributed by atoms with van der Waals surface area (Å²) in [6.07, 6.45) is 5.73. The van der Waals surface area contributed by atoms with E-state index in [9.17, 15) is 0 Å². The monoisotopic (exact) mass is 209 g/mol. The van der Waals surface area contributed by atoms with Crippen LogP contribution < -0.4 is 0 Å². The second-order valence-electron chi connectivity index (χ2n) is 2.65. The molecule has 76 valence electrons. The zero-order valence-corrected chi connectivity index (χ0v) is 9.80. The minimum Gasteiger partial charge on any atom is -0.275 e. The number of hydrogen-bond acceptors (Lipinski definition) is 3. The lowest BCUT2D eigenvalue weighted by molar-refractivity contribution is 0.768. The molecule has 0 aliphatic carbocycles. The molecule has 0 aliphatic rings. The largest absolute Gasteiger partial charge is 0.275 e. The molecular weight excluding hydrogens is 194 g/mol. The highest BCUT2D eigenvalue weighted by atomic mass is 32.1. The molecule has 0 fully saturated rings. The first-order valence-corrected chi connectivity index (χ1v) is 5.49. The summed E-state index contributed by atoms with van der Waals surface area (Å²) in [5, 5.41) is 5.19. The van der Waals surface area contributed by atoms with Crippen molar-refractivity contribution in [3.63, 3.8) is 0 Å². The summed E-state index contributed by atoms with van der Waals surface area (Å²) in [5.74, 6) is 0. The minimum absolute atomic E-state index is 1.09. The molecule has 0 atom stereocenters. The highest BCUT2D eigenvalue weighted by Crippen LogP contribution is 2.24. The topological polar surface area (TPSA) is 30.7 Å². The number of rotatable bonds is 1. The highest BCUT2D eigenvalue weighted by Gasteiger charge is 2.02. The Morgan fingerprint density at radius 2 is 2.00 bits per heavy atom. The molecule has 0 saturated heterocycles. The van der Waals surface area contributed by atoms with E-state index >= 15 is 0 Å². The molecule has 0 saturated carbocycles. The maximum absolute atomic E-state index is 4.18. The van der Waals surface area contributed by atoms with Gasteiger partial charge in [-0.15, -0.1) is 11.3 Å². The lowest BCUT2D eigenvalue weighted by Crippen LogP contribution is -1.83. The minimum atomic E-state index is 1.09. The molecule has 4 heteroatoms. The molecule has 0 spiro atoms. The molecule has 0 unspecified atom stereocenters. The van der Waals surface area contributed by atoms with Crippen LogP contribution in [0.3, 0.4) is 0 Å². The average Bonchev–Trinajstić information content (AvgIpc) is 2.78. The fraction of sp³-hybridized carbons (Fsp3) is 0.400. The molecule has 2 rings (SSSR count). The highest BCUT2D eigenvalue weighted by molar-refractivity contribution is 7.15. The van der Waals surface area contributed by atoms with E-state index in [2.05, 4.69) is 10.1 Å². The molecule has 0 N–H and O–H groups in total. The first-order chi connectivity index (χ1) is 6.75. The molecule has 2 heterocycles. The van der Waals surface area contributed by atoms with Crippen molar-refractivity contribution in [1.29, 1.82) is 0 Å². The van der Waals surface area contributed by atoms with Crippen molar-refractivity contribution in [2.75, 3.05) is 0 Å². The van der Waals surface area contributed by atoms with Gasteiger partial charge >= 0.3 is 0 Å². The van der Waals surface area contributed by atoms with E-state index in [-0.39, 0.29) is 0 Å².